The summed E-state index contributed by atoms with van der Waals surface area (Å²) in [5, 5.41) is 8.34. The number of hydrogen-bond donors (Lipinski definition) is 0. The Hall–Kier alpha value is -6.39. The van der Waals surface area contributed by atoms with Crippen LogP contribution in [0.1, 0.15) is 66.8 Å². The van der Waals surface area contributed by atoms with Crippen molar-refractivity contribution in [2.75, 3.05) is 0 Å². The minimum Gasteiger partial charge on any atom is -1.00 e. The normalized spacial score (nSPS) is 10.9. The number of fused-ring (bicyclic) bond motifs is 1. The van der Waals surface area contributed by atoms with Gasteiger partial charge in [-0.15, -0.1) is 34.2 Å². The zero-order valence-corrected chi connectivity index (χ0v) is 46.2. The molecule has 0 N–H and O–H groups in total. The molecule has 0 aliphatic rings. The summed E-state index contributed by atoms with van der Waals surface area (Å²) in [7, 11) is -3.30. The minimum atomic E-state index is -3.30. The smallest absolute Gasteiger partial charge is 1.00 e. The molecule has 0 atom stereocenters. The van der Waals surface area contributed by atoms with Crippen molar-refractivity contribution in [1.82, 2.24) is 0 Å². The van der Waals surface area contributed by atoms with Crippen LogP contribution >= 0.6 is 0 Å². The van der Waals surface area contributed by atoms with Gasteiger partial charge in [0.1, 0.15) is 8.07 Å². The molecule has 5 heteroatoms. The number of halogens is 3. The fraction of sp³-hybridized carbons (Fsp3) is 0.0870. The minimum absolute atomic E-state index is 0. The van der Waals surface area contributed by atoms with Gasteiger partial charge in [-0.25, -0.2) is 0 Å². The van der Waals surface area contributed by atoms with Gasteiger partial charge < -0.3 is 37.2 Å². The van der Waals surface area contributed by atoms with Crippen molar-refractivity contribution >= 4 is 39.6 Å². The molecule has 0 radical (unpaired) electrons. The summed E-state index contributed by atoms with van der Waals surface area (Å²) in [6.45, 7) is 0. The molecule has 74 heavy (non-hydrogen) atoms. The van der Waals surface area contributed by atoms with Gasteiger partial charge in [-0.2, -0.15) is 12.1 Å². The molecule has 0 aliphatic heterocycles. The third-order valence-corrected chi connectivity index (χ3v) is 18.8. The van der Waals surface area contributed by atoms with Gasteiger partial charge in [0.05, 0.1) is 0 Å². The van der Waals surface area contributed by atoms with E-state index in [2.05, 4.69) is 273 Å². The summed E-state index contributed by atoms with van der Waals surface area (Å²) >= 11 is 0. The van der Waals surface area contributed by atoms with E-state index in [1.807, 2.05) is 0 Å². The van der Waals surface area contributed by atoms with Gasteiger partial charge in [-0.1, -0.05) is 258 Å². The molecule has 362 valence electrons. The molecular weight excluding hydrogens is 1010 g/mol. The summed E-state index contributed by atoms with van der Waals surface area (Å²) in [5.74, 6) is 0. The van der Waals surface area contributed by atoms with Gasteiger partial charge in [0.15, 0.2) is 0 Å². The van der Waals surface area contributed by atoms with Crippen LogP contribution in [-0.2, 0) is 60.2 Å². The first-order valence-electron chi connectivity index (χ1n) is 24.9. The molecule has 0 heterocycles. The topological polar surface area (TPSA) is 0 Å². The average Bonchev–Trinajstić information content (AvgIpc) is 3.83. The van der Waals surface area contributed by atoms with Crippen molar-refractivity contribution in [2.24, 2.45) is 0 Å². The molecule has 11 aromatic rings. The van der Waals surface area contributed by atoms with E-state index in [0.717, 1.165) is 38.5 Å². The predicted molar refractivity (Wildman–Crippen MR) is 299 cm³/mol. The van der Waals surface area contributed by atoms with Crippen LogP contribution in [0.5, 0.6) is 0 Å². The predicted octanol–water partition coefficient (Wildman–Crippen LogP) is 4.49. The average molecular weight is 1070 g/mol. The zero-order valence-electron chi connectivity index (χ0n) is 41.4. The van der Waals surface area contributed by atoms with E-state index >= 15 is 0 Å². The van der Waals surface area contributed by atoms with Crippen LogP contribution in [0.15, 0.2) is 273 Å². The fourth-order valence-corrected chi connectivity index (χ4v) is 16.3. The summed E-state index contributed by atoms with van der Waals surface area (Å²) in [6, 6.07) is 104. The maximum atomic E-state index is 2.62. The van der Waals surface area contributed by atoms with Crippen LogP contribution in [0.2, 0.25) is 0 Å². The Kier molecular flexibility index (Phi) is 19.6. The standard InChI is InChI=1S/C69H57Si.3ClH.Ti/c1-7-21-52(22-8-1)37-58-43-59(38-53-23-9-2-10-24-53)47-65(46-58)70(69-36-35-64-33-19-20-34-68(64)69,66-48-60(39-54-25-11-3-12-26-54)44-61(49-66)40-55-27-13-4-14-28-55)67-50-62(41-56-29-15-5-16-30-56)45-63(51-67)42-57-31-17-6-18-32-57;;;;/h1-36,43-51H,37-42H2;3*1H;/q-1;;;;+4/p-3. The molecule has 0 fully saturated rings. The van der Waals surface area contributed by atoms with Crippen molar-refractivity contribution < 1.29 is 58.9 Å². The molecule has 0 bridgehead atoms. The van der Waals surface area contributed by atoms with Crippen LogP contribution in [0.4, 0.5) is 0 Å². The Morgan fingerprint density at radius 2 is 0.473 bits per heavy atom. The molecule has 0 nitrogen and oxygen atoms in total. The number of rotatable bonds is 16. The van der Waals surface area contributed by atoms with E-state index < -0.39 is 8.07 Å². The number of hydrogen-bond acceptors (Lipinski definition) is 0. The maximum absolute atomic E-state index is 3.30. The van der Waals surface area contributed by atoms with Crippen molar-refractivity contribution in [3.8, 4) is 0 Å². The first kappa shape index (κ1) is 55.4. The van der Waals surface area contributed by atoms with Crippen molar-refractivity contribution in [3.63, 3.8) is 0 Å². The van der Waals surface area contributed by atoms with Gasteiger partial charge in [-0.05, 0) is 105 Å². The number of benzene rings is 10. The SMILES string of the molecule is [Cl-].[Cl-].[Cl-].[Ti+4].c1ccc(Cc2cc(Cc3ccccc3)cc([Si](c3cc(Cc4ccccc4)cc(Cc4ccccc4)c3)(c3cc(Cc4ccccc4)cc(Cc4ccccc4)c3)[c-]3ccc4ccccc43)c2)cc1. The molecule has 0 aliphatic carbocycles. The van der Waals surface area contributed by atoms with Crippen LogP contribution in [0.3, 0.4) is 0 Å². The third kappa shape index (κ3) is 12.9. The van der Waals surface area contributed by atoms with E-state index in [0.29, 0.717) is 0 Å². The van der Waals surface area contributed by atoms with E-state index in [-0.39, 0.29) is 58.9 Å². The second-order valence-electron chi connectivity index (χ2n) is 19.2. The van der Waals surface area contributed by atoms with Crippen LogP contribution < -0.4 is 58.0 Å². The molecule has 0 aromatic heterocycles. The summed E-state index contributed by atoms with van der Waals surface area (Å²) < 4.78 is 0. The van der Waals surface area contributed by atoms with E-state index in [4.69, 9.17) is 0 Å². The van der Waals surface area contributed by atoms with Gasteiger partial charge in [0.2, 0.25) is 0 Å². The molecule has 11 aromatic carbocycles. The van der Waals surface area contributed by atoms with Crippen LogP contribution in [0.25, 0.3) is 10.8 Å². The Bertz CT molecular complexity index is 2980. The quantitative estimate of drug-likeness (QED) is 0.0762. The molecule has 11 rings (SSSR count). The Morgan fingerprint density at radius 1 is 0.243 bits per heavy atom. The van der Waals surface area contributed by atoms with Gasteiger partial charge >= 0.3 is 21.7 Å². The van der Waals surface area contributed by atoms with Gasteiger partial charge in [-0.3, -0.25) is 0 Å². The van der Waals surface area contributed by atoms with Gasteiger partial charge in [0.25, 0.3) is 0 Å². The van der Waals surface area contributed by atoms with E-state index in [1.165, 1.54) is 98.3 Å². The Balaban J connectivity index is 0.00000200. The summed E-state index contributed by atoms with van der Waals surface area (Å²) in [5.41, 5.74) is 16.0. The monoisotopic (exact) mass is 1070 g/mol. The van der Waals surface area contributed by atoms with Crippen LogP contribution in [-0.4, -0.2) is 8.07 Å². The van der Waals surface area contributed by atoms with Crippen molar-refractivity contribution in [1.29, 1.82) is 0 Å². The Labute approximate surface area is 473 Å². The molecular formula is C69H57Cl3SiTi. The van der Waals surface area contributed by atoms with E-state index in [9.17, 15) is 0 Å². The molecule has 0 amide bonds. The molecule has 0 saturated carbocycles. The summed E-state index contributed by atoms with van der Waals surface area (Å²) in [6.07, 6.45) is 5.10. The first-order chi connectivity index (χ1) is 34.6. The van der Waals surface area contributed by atoms with E-state index in [1.54, 1.807) is 0 Å². The zero-order chi connectivity index (χ0) is 47.0. The fourth-order valence-electron chi connectivity index (χ4n) is 11.0. The molecule has 0 unspecified atom stereocenters. The molecule has 0 saturated heterocycles. The largest absolute Gasteiger partial charge is 4.00 e. The Morgan fingerprint density at radius 3 is 0.730 bits per heavy atom. The third-order valence-electron chi connectivity index (χ3n) is 14.0. The van der Waals surface area contributed by atoms with Crippen molar-refractivity contribution in [2.45, 2.75) is 38.5 Å². The summed E-state index contributed by atoms with van der Waals surface area (Å²) in [4.78, 5) is 0. The first-order valence-corrected chi connectivity index (χ1v) is 26.9. The van der Waals surface area contributed by atoms with Crippen LogP contribution in [0, 0.1) is 0 Å². The van der Waals surface area contributed by atoms with Gasteiger partial charge in [0, 0.05) is 0 Å². The van der Waals surface area contributed by atoms with Crippen molar-refractivity contribution in [3.05, 3.63) is 340 Å². The second kappa shape index (κ2) is 26.2. The second-order valence-corrected chi connectivity index (χ2v) is 22.9. The molecule has 0 spiro atoms. The maximum Gasteiger partial charge on any atom is 4.00 e.